The van der Waals surface area contributed by atoms with Crippen LogP contribution in [0.3, 0.4) is 0 Å². The highest BCUT2D eigenvalue weighted by molar-refractivity contribution is 9.10. The maximum absolute atomic E-state index is 13.7. The predicted molar refractivity (Wildman–Crippen MR) is 163 cm³/mol. The molecule has 3 amide bonds. The Bertz CT molecular complexity index is 1570. The highest BCUT2D eigenvalue weighted by Gasteiger charge is 2.40. The van der Waals surface area contributed by atoms with Crippen LogP contribution in [0.2, 0.25) is 5.02 Å². The van der Waals surface area contributed by atoms with E-state index < -0.39 is 29.6 Å². The highest BCUT2D eigenvalue weighted by atomic mass is 79.9. The molecule has 42 heavy (non-hydrogen) atoms. The Morgan fingerprint density at radius 2 is 1.69 bits per heavy atom. The minimum absolute atomic E-state index is 0.245. The van der Waals surface area contributed by atoms with E-state index >= 15 is 0 Å². The van der Waals surface area contributed by atoms with Crippen molar-refractivity contribution >= 4 is 56.9 Å². The van der Waals surface area contributed by atoms with Crippen LogP contribution in [0.1, 0.15) is 59.0 Å². The van der Waals surface area contributed by atoms with E-state index in [1.54, 1.807) is 68.1 Å². The van der Waals surface area contributed by atoms with Gasteiger partial charge in [0.25, 0.3) is 5.91 Å². The number of hydrogen-bond acceptors (Lipinski definition) is 5. The second-order valence-electron chi connectivity index (χ2n) is 11.4. The largest absolute Gasteiger partial charge is 0.456 e. The van der Waals surface area contributed by atoms with E-state index in [1.807, 2.05) is 24.3 Å². The Balaban J connectivity index is 1.35. The molecule has 2 aliphatic heterocycles. The fraction of sp³-hybridized carbons (Fsp3) is 0.312. The summed E-state index contributed by atoms with van der Waals surface area (Å²) < 4.78 is 6.12. The Kier molecular flexibility index (Phi) is 8.44. The third-order valence-corrected chi connectivity index (χ3v) is 8.05. The minimum Gasteiger partial charge on any atom is -0.456 e. The van der Waals surface area contributed by atoms with Gasteiger partial charge in [-0.25, -0.2) is 4.79 Å². The number of esters is 1. The van der Waals surface area contributed by atoms with Gasteiger partial charge in [0.05, 0.1) is 16.1 Å². The number of anilines is 1. The lowest BCUT2D eigenvalue weighted by Crippen LogP contribution is -2.55. The second kappa shape index (κ2) is 11.9. The summed E-state index contributed by atoms with van der Waals surface area (Å²) in [4.78, 5) is 56.6. The average molecular weight is 653 g/mol. The molecule has 0 aliphatic carbocycles. The van der Waals surface area contributed by atoms with Gasteiger partial charge < -0.3 is 19.9 Å². The van der Waals surface area contributed by atoms with E-state index in [-0.39, 0.29) is 18.4 Å². The number of nitrogens with one attached hydrogen (secondary N) is 1. The smallest absolute Gasteiger partial charge is 0.338 e. The first-order valence-electron chi connectivity index (χ1n) is 13.7. The Morgan fingerprint density at radius 1 is 1.00 bits per heavy atom. The van der Waals surface area contributed by atoms with Gasteiger partial charge in [0.15, 0.2) is 0 Å². The number of fused-ring (bicyclic) bond motifs is 1. The first kappa shape index (κ1) is 29.8. The molecular weight excluding hydrogens is 622 g/mol. The zero-order chi connectivity index (χ0) is 30.2. The highest BCUT2D eigenvalue weighted by Crippen LogP contribution is 2.30. The van der Waals surface area contributed by atoms with Crippen molar-refractivity contribution in [3.05, 3.63) is 98.5 Å². The molecule has 10 heteroatoms. The predicted octanol–water partition coefficient (Wildman–Crippen LogP) is 5.55. The van der Waals surface area contributed by atoms with Gasteiger partial charge in [0.1, 0.15) is 17.7 Å². The molecule has 1 saturated heterocycles. The van der Waals surface area contributed by atoms with E-state index in [9.17, 15) is 19.2 Å². The van der Waals surface area contributed by atoms with Crippen molar-refractivity contribution in [1.29, 1.82) is 0 Å². The number of ether oxygens (including phenoxy) is 1. The molecule has 5 rings (SSSR count). The number of hydrogen-bond donors (Lipinski definition) is 1. The van der Waals surface area contributed by atoms with Gasteiger partial charge in [-0.15, -0.1) is 0 Å². The number of amides is 3. The van der Waals surface area contributed by atoms with Crippen LogP contribution in [0.5, 0.6) is 0 Å². The van der Waals surface area contributed by atoms with Crippen molar-refractivity contribution in [2.75, 3.05) is 11.4 Å². The molecule has 0 aromatic heterocycles. The Hall–Kier alpha value is -3.69. The van der Waals surface area contributed by atoms with Crippen LogP contribution in [0, 0.1) is 0 Å². The first-order valence-corrected chi connectivity index (χ1v) is 14.9. The first-order chi connectivity index (χ1) is 19.9. The van der Waals surface area contributed by atoms with Gasteiger partial charge in [0, 0.05) is 29.7 Å². The molecule has 0 spiro atoms. The standard InChI is InChI=1S/C32H31BrClN3O5/c1-32(2,3)42-31(41)21-14-22(33)17-23(15-21)36-13-12-26(30(36)40)35-28(38)27-16-19-8-4-5-9-20(19)18-37(27)29(39)24-10-6-7-11-25(24)34/h4-11,14-15,17,26-27H,12-13,16,18H2,1-3H3,(H,35,38). The van der Waals surface area contributed by atoms with Crippen LogP contribution >= 0.6 is 27.5 Å². The third kappa shape index (κ3) is 6.37. The molecule has 1 fully saturated rings. The number of carbonyl (C=O) groups excluding carboxylic acids is 4. The number of carbonyl (C=O) groups is 4. The lowest BCUT2D eigenvalue weighted by Gasteiger charge is -2.36. The molecule has 0 bridgehead atoms. The molecular formula is C32H31BrClN3O5. The average Bonchev–Trinajstić information content (AvgIpc) is 3.30. The van der Waals surface area contributed by atoms with Gasteiger partial charge in [0.2, 0.25) is 11.8 Å². The molecule has 3 aromatic rings. The number of rotatable bonds is 5. The van der Waals surface area contributed by atoms with Gasteiger partial charge in [-0.05, 0) is 68.7 Å². The second-order valence-corrected chi connectivity index (χ2v) is 12.8. The number of nitrogens with zero attached hydrogens (tertiary/aromatic N) is 2. The fourth-order valence-corrected chi connectivity index (χ4v) is 5.98. The van der Waals surface area contributed by atoms with Crippen molar-refractivity contribution in [2.24, 2.45) is 0 Å². The summed E-state index contributed by atoms with van der Waals surface area (Å²) >= 11 is 9.77. The zero-order valence-corrected chi connectivity index (χ0v) is 25.9. The Morgan fingerprint density at radius 3 is 2.40 bits per heavy atom. The topological polar surface area (TPSA) is 96.0 Å². The van der Waals surface area contributed by atoms with Crippen molar-refractivity contribution in [3.63, 3.8) is 0 Å². The maximum atomic E-state index is 13.7. The van der Waals surface area contributed by atoms with Crippen molar-refractivity contribution in [3.8, 4) is 0 Å². The van der Waals surface area contributed by atoms with Crippen LogP contribution in [0.25, 0.3) is 0 Å². The van der Waals surface area contributed by atoms with Crippen molar-refractivity contribution in [2.45, 2.75) is 57.8 Å². The molecule has 2 heterocycles. The molecule has 3 aromatic carbocycles. The van der Waals surface area contributed by atoms with Gasteiger partial charge in [-0.1, -0.05) is 63.9 Å². The van der Waals surface area contributed by atoms with Crippen LogP contribution in [-0.2, 0) is 27.3 Å². The van der Waals surface area contributed by atoms with E-state index in [4.69, 9.17) is 16.3 Å². The maximum Gasteiger partial charge on any atom is 0.338 e. The summed E-state index contributed by atoms with van der Waals surface area (Å²) in [6.45, 7) is 5.96. The van der Waals surface area contributed by atoms with Gasteiger partial charge >= 0.3 is 5.97 Å². The molecule has 2 atom stereocenters. The summed E-state index contributed by atoms with van der Waals surface area (Å²) in [5.74, 6) is -1.55. The number of halogens is 2. The SMILES string of the molecule is CC(C)(C)OC(=O)c1cc(Br)cc(N2CCC(NC(=O)C3Cc4ccccc4CN3C(=O)c3ccccc3Cl)C2=O)c1. The summed E-state index contributed by atoms with van der Waals surface area (Å²) in [6, 6.07) is 17.9. The van der Waals surface area contributed by atoms with Crippen LogP contribution in [0.4, 0.5) is 5.69 Å². The van der Waals surface area contributed by atoms with E-state index in [0.29, 0.717) is 45.7 Å². The summed E-state index contributed by atoms with van der Waals surface area (Å²) in [5.41, 5.74) is 2.41. The molecule has 218 valence electrons. The van der Waals surface area contributed by atoms with E-state index in [1.165, 1.54) is 4.90 Å². The summed E-state index contributed by atoms with van der Waals surface area (Å²) in [5, 5.41) is 3.21. The lowest BCUT2D eigenvalue weighted by molar-refractivity contribution is -0.130. The number of benzene rings is 3. The quantitative estimate of drug-likeness (QED) is 0.365. The van der Waals surface area contributed by atoms with Crippen LogP contribution in [-0.4, -0.2) is 52.8 Å². The summed E-state index contributed by atoms with van der Waals surface area (Å²) in [6.07, 6.45) is 0.689. The lowest BCUT2D eigenvalue weighted by atomic mass is 9.92. The van der Waals surface area contributed by atoms with Crippen molar-refractivity contribution < 1.29 is 23.9 Å². The fourth-order valence-electron chi connectivity index (χ4n) is 5.28. The van der Waals surface area contributed by atoms with Gasteiger partial charge in [-0.3, -0.25) is 14.4 Å². The molecule has 0 saturated carbocycles. The molecule has 2 unspecified atom stereocenters. The van der Waals surface area contributed by atoms with Crippen LogP contribution < -0.4 is 10.2 Å². The normalized spacial score (nSPS) is 18.5. The monoisotopic (exact) mass is 651 g/mol. The molecule has 1 N–H and O–H groups in total. The molecule has 8 nitrogen and oxygen atoms in total. The van der Waals surface area contributed by atoms with E-state index in [2.05, 4.69) is 21.2 Å². The summed E-state index contributed by atoms with van der Waals surface area (Å²) in [7, 11) is 0. The third-order valence-electron chi connectivity index (χ3n) is 7.27. The van der Waals surface area contributed by atoms with Gasteiger partial charge in [-0.2, -0.15) is 0 Å². The van der Waals surface area contributed by atoms with E-state index in [0.717, 1.165) is 11.1 Å². The molecule has 0 radical (unpaired) electrons. The Labute approximate surface area is 258 Å². The zero-order valence-electron chi connectivity index (χ0n) is 23.5. The molecule has 2 aliphatic rings. The van der Waals surface area contributed by atoms with Crippen molar-refractivity contribution in [1.82, 2.24) is 10.2 Å². The van der Waals surface area contributed by atoms with Crippen LogP contribution in [0.15, 0.2) is 71.2 Å². The minimum atomic E-state index is -0.824.